The summed E-state index contributed by atoms with van der Waals surface area (Å²) in [4.78, 5) is 0. The van der Waals surface area contributed by atoms with E-state index >= 15 is 0 Å². The molecule has 0 saturated heterocycles. The van der Waals surface area contributed by atoms with Gasteiger partial charge in [0.25, 0.3) is 0 Å². The summed E-state index contributed by atoms with van der Waals surface area (Å²) in [6.45, 7) is 0. The third-order valence-corrected chi connectivity index (χ3v) is 6.05. The van der Waals surface area contributed by atoms with Gasteiger partial charge < -0.3 is 0 Å². The summed E-state index contributed by atoms with van der Waals surface area (Å²) in [5, 5.41) is 17.9. The molecule has 0 unspecified atom stereocenters. The predicted molar refractivity (Wildman–Crippen MR) is 77.6 cm³/mol. The monoisotopic (exact) mass is 278 g/mol. The van der Waals surface area contributed by atoms with Crippen LogP contribution in [0.4, 0.5) is 0 Å². The Morgan fingerprint density at radius 1 is 1.10 bits per heavy atom. The Balaban J connectivity index is 1.66. The smallest absolute Gasteiger partial charge is 0.162 e. The first-order valence-electron chi connectivity index (χ1n) is 8.01. The number of hydrogen-bond donors (Lipinski definition) is 0. The van der Waals surface area contributed by atoms with Crippen molar-refractivity contribution in [2.45, 2.75) is 43.9 Å². The van der Waals surface area contributed by atoms with Crippen molar-refractivity contribution in [3.8, 4) is 6.07 Å². The van der Waals surface area contributed by atoms with Crippen molar-refractivity contribution >= 4 is 5.65 Å². The number of nitrogens with zero attached hydrogens (tertiary/aromatic N) is 4. The van der Waals surface area contributed by atoms with Crippen LogP contribution >= 0.6 is 0 Å². The molecule has 0 radical (unpaired) electrons. The summed E-state index contributed by atoms with van der Waals surface area (Å²) in [5.41, 5.74) is 1.73. The van der Waals surface area contributed by atoms with Crippen molar-refractivity contribution in [3.63, 3.8) is 0 Å². The maximum atomic E-state index is 9.03. The van der Waals surface area contributed by atoms with Crippen LogP contribution in [0.1, 0.15) is 49.9 Å². The highest BCUT2D eigenvalue weighted by molar-refractivity contribution is 5.46. The Hall–Kier alpha value is -1.89. The predicted octanol–water partition coefficient (Wildman–Crippen LogP) is 3.07. The van der Waals surface area contributed by atoms with Crippen molar-refractivity contribution in [2.75, 3.05) is 0 Å². The van der Waals surface area contributed by atoms with Crippen molar-refractivity contribution < 1.29 is 0 Å². The minimum Gasteiger partial charge on any atom is -0.286 e. The standard InChI is InChI=1S/C17H18N4/c18-10-11-1-2-21-15(6-11)19-20-16(21)17-7-12-3-13(8-17)5-14(4-12)9-17/h1-2,6,12-14H,3-5,7-9H2. The fourth-order valence-electron chi connectivity index (χ4n) is 5.71. The lowest BCUT2D eigenvalue weighted by atomic mass is 9.49. The lowest BCUT2D eigenvalue weighted by Crippen LogP contribution is -2.49. The van der Waals surface area contributed by atoms with Gasteiger partial charge in [-0.25, -0.2) is 0 Å². The molecule has 0 spiro atoms. The van der Waals surface area contributed by atoms with Crippen LogP contribution in [0.5, 0.6) is 0 Å². The molecule has 4 aliphatic rings. The largest absolute Gasteiger partial charge is 0.286 e. The Bertz CT molecular complexity index is 731. The summed E-state index contributed by atoms with van der Waals surface area (Å²) >= 11 is 0. The SMILES string of the molecule is N#Cc1ccn2c(C34CC5CC(CC(C5)C3)C4)nnc2c1. The average molecular weight is 278 g/mol. The second-order valence-corrected chi connectivity index (χ2v) is 7.48. The highest BCUT2D eigenvalue weighted by Crippen LogP contribution is 2.60. The number of hydrogen-bond acceptors (Lipinski definition) is 3. The van der Waals surface area contributed by atoms with Crippen LogP contribution < -0.4 is 0 Å². The maximum absolute atomic E-state index is 9.03. The lowest BCUT2D eigenvalue weighted by molar-refractivity contribution is -0.00984. The van der Waals surface area contributed by atoms with Crippen LogP contribution in [0.25, 0.3) is 5.65 Å². The summed E-state index contributed by atoms with van der Waals surface area (Å²) in [5.74, 6) is 3.87. The summed E-state index contributed by atoms with van der Waals surface area (Å²) < 4.78 is 2.13. The van der Waals surface area contributed by atoms with E-state index in [1.807, 2.05) is 18.3 Å². The first kappa shape index (κ1) is 11.7. The zero-order chi connectivity index (χ0) is 14.0. The molecule has 4 saturated carbocycles. The fraction of sp³-hybridized carbons (Fsp3) is 0.588. The first-order chi connectivity index (χ1) is 10.3. The third-order valence-electron chi connectivity index (χ3n) is 6.05. The van der Waals surface area contributed by atoms with Gasteiger partial charge >= 0.3 is 0 Å². The van der Waals surface area contributed by atoms with Gasteiger partial charge in [0.15, 0.2) is 5.65 Å². The third kappa shape index (κ3) is 1.55. The van der Waals surface area contributed by atoms with Crippen LogP contribution in [0, 0.1) is 29.1 Å². The molecular weight excluding hydrogens is 260 g/mol. The van der Waals surface area contributed by atoms with Crippen molar-refractivity contribution in [2.24, 2.45) is 17.8 Å². The van der Waals surface area contributed by atoms with Crippen LogP contribution in [-0.4, -0.2) is 14.6 Å². The van der Waals surface area contributed by atoms with E-state index in [0.717, 1.165) is 29.2 Å². The number of nitriles is 1. The number of pyridine rings is 1. The van der Waals surface area contributed by atoms with Gasteiger partial charge in [0.05, 0.1) is 11.6 Å². The number of aromatic nitrogens is 3. The van der Waals surface area contributed by atoms with Crippen LogP contribution in [-0.2, 0) is 5.41 Å². The Labute approximate surface area is 123 Å². The molecule has 0 aliphatic heterocycles. The molecular formula is C17H18N4. The van der Waals surface area contributed by atoms with Gasteiger partial charge in [-0.1, -0.05) is 0 Å². The molecule has 2 aromatic rings. The summed E-state index contributed by atoms with van der Waals surface area (Å²) in [6, 6.07) is 5.90. The van der Waals surface area contributed by atoms with Crippen molar-refractivity contribution in [3.05, 3.63) is 29.7 Å². The molecule has 2 heterocycles. The molecule has 4 heteroatoms. The molecule has 4 bridgehead atoms. The van der Waals surface area contributed by atoms with E-state index in [4.69, 9.17) is 5.26 Å². The maximum Gasteiger partial charge on any atom is 0.162 e. The normalized spacial score (nSPS) is 37.0. The highest BCUT2D eigenvalue weighted by atomic mass is 15.3. The molecule has 4 aliphatic carbocycles. The summed E-state index contributed by atoms with van der Waals surface area (Å²) in [7, 11) is 0. The van der Waals surface area contributed by atoms with Gasteiger partial charge in [0.2, 0.25) is 0 Å². The molecule has 0 N–H and O–H groups in total. The zero-order valence-corrected chi connectivity index (χ0v) is 12.0. The second-order valence-electron chi connectivity index (χ2n) is 7.48. The Kier molecular flexibility index (Phi) is 2.15. The Morgan fingerprint density at radius 2 is 1.76 bits per heavy atom. The quantitative estimate of drug-likeness (QED) is 0.805. The van der Waals surface area contributed by atoms with E-state index in [-0.39, 0.29) is 5.41 Å². The van der Waals surface area contributed by atoms with Crippen molar-refractivity contribution in [1.82, 2.24) is 14.6 Å². The molecule has 2 aromatic heterocycles. The van der Waals surface area contributed by atoms with E-state index in [0.29, 0.717) is 5.56 Å². The number of fused-ring (bicyclic) bond motifs is 1. The second kappa shape index (κ2) is 3.85. The number of rotatable bonds is 1. The lowest BCUT2D eigenvalue weighted by Gasteiger charge is -2.55. The van der Waals surface area contributed by atoms with Gasteiger partial charge in [-0.05, 0) is 62.3 Å². The van der Waals surface area contributed by atoms with E-state index in [1.54, 1.807) is 0 Å². The van der Waals surface area contributed by atoms with E-state index in [9.17, 15) is 0 Å². The molecule has 6 rings (SSSR count). The van der Waals surface area contributed by atoms with Gasteiger partial charge in [0.1, 0.15) is 5.82 Å². The topological polar surface area (TPSA) is 54.0 Å². The van der Waals surface area contributed by atoms with Crippen LogP contribution in [0.3, 0.4) is 0 Å². The van der Waals surface area contributed by atoms with Crippen LogP contribution in [0.2, 0.25) is 0 Å². The van der Waals surface area contributed by atoms with Gasteiger partial charge in [-0.15, -0.1) is 10.2 Å². The minimum atomic E-state index is 0.252. The average Bonchev–Trinajstić information content (AvgIpc) is 2.89. The van der Waals surface area contributed by atoms with Gasteiger partial charge in [0, 0.05) is 17.7 Å². The van der Waals surface area contributed by atoms with Crippen LogP contribution in [0.15, 0.2) is 18.3 Å². The van der Waals surface area contributed by atoms with E-state index in [2.05, 4.69) is 20.7 Å². The summed E-state index contributed by atoms with van der Waals surface area (Å²) in [6.07, 6.45) is 10.2. The van der Waals surface area contributed by atoms with Gasteiger partial charge in [-0.2, -0.15) is 5.26 Å². The fourth-order valence-corrected chi connectivity index (χ4v) is 5.71. The first-order valence-corrected chi connectivity index (χ1v) is 8.01. The minimum absolute atomic E-state index is 0.252. The molecule has 0 amide bonds. The zero-order valence-electron chi connectivity index (χ0n) is 12.0. The molecule has 21 heavy (non-hydrogen) atoms. The molecule has 0 atom stereocenters. The molecule has 4 fully saturated rings. The van der Waals surface area contributed by atoms with E-state index < -0.39 is 0 Å². The molecule has 4 nitrogen and oxygen atoms in total. The highest BCUT2D eigenvalue weighted by Gasteiger charge is 2.53. The molecule has 106 valence electrons. The van der Waals surface area contributed by atoms with E-state index in [1.165, 1.54) is 38.5 Å². The molecule has 0 aromatic carbocycles. The van der Waals surface area contributed by atoms with Crippen molar-refractivity contribution in [1.29, 1.82) is 5.26 Å². The van der Waals surface area contributed by atoms with Gasteiger partial charge in [-0.3, -0.25) is 4.40 Å². The Morgan fingerprint density at radius 3 is 2.38 bits per heavy atom.